The molecule has 13 heavy (non-hydrogen) atoms. The zero-order valence-electron chi connectivity index (χ0n) is 7.42. The number of phenols is 1. The van der Waals surface area contributed by atoms with E-state index < -0.39 is 0 Å². The lowest BCUT2D eigenvalue weighted by Gasteiger charge is -2.03. The number of hydrogen-bond donors (Lipinski definition) is 2. The summed E-state index contributed by atoms with van der Waals surface area (Å²) >= 11 is 5.85. The van der Waals surface area contributed by atoms with Crippen LogP contribution in [0.5, 0.6) is 5.75 Å². The molecule has 3 N–H and O–H groups in total. The molecule has 1 aromatic rings. The molecule has 1 rings (SSSR count). The first-order chi connectivity index (χ1) is 6.16. The Hall–Kier alpha value is -0.990. The van der Waals surface area contributed by atoms with Crippen LogP contribution in [0.15, 0.2) is 18.2 Å². The SMILES string of the molecule is Cc1ccc(/C=C/CN)c(O)c1Cl. The van der Waals surface area contributed by atoms with E-state index in [0.717, 1.165) is 5.56 Å². The fraction of sp³-hybridized carbons (Fsp3) is 0.200. The third-order valence-electron chi connectivity index (χ3n) is 1.77. The molecule has 0 fully saturated rings. The van der Waals surface area contributed by atoms with Crippen LogP contribution in [0.2, 0.25) is 5.02 Å². The van der Waals surface area contributed by atoms with Crippen LogP contribution in [0, 0.1) is 6.92 Å². The predicted molar refractivity (Wildman–Crippen MR) is 55.9 cm³/mol. The Kier molecular flexibility index (Phi) is 3.34. The molecule has 3 heteroatoms. The minimum Gasteiger partial charge on any atom is -0.506 e. The molecule has 0 aliphatic carbocycles. The Balaban J connectivity index is 3.11. The molecular weight excluding hydrogens is 186 g/mol. The summed E-state index contributed by atoms with van der Waals surface area (Å²) < 4.78 is 0. The quantitative estimate of drug-likeness (QED) is 0.765. The molecule has 0 saturated heterocycles. The summed E-state index contributed by atoms with van der Waals surface area (Å²) in [4.78, 5) is 0. The fourth-order valence-corrected chi connectivity index (χ4v) is 1.18. The second-order valence-electron chi connectivity index (χ2n) is 2.77. The molecular formula is C10H12ClNO. The van der Waals surface area contributed by atoms with Gasteiger partial charge in [-0.1, -0.05) is 35.9 Å². The maximum Gasteiger partial charge on any atom is 0.141 e. The molecule has 0 aromatic heterocycles. The number of aryl methyl sites for hydroxylation is 1. The topological polar surface area (TPSA) is 46.2 Å². The van der Waals surface area contributed by atoms with Gasteiger partial charge in [-0.15, -0.1) is 0 Å². The summed E-state index contributed by atoms with van der Waals surface area (Å²) in [5.74, 6) is 0.117. The average Bonchev–Trinajstić information content (AvgIpc) is 2.13. The second kappa shape index (κ2) is 4.30. The summed E-state index contributed by atoms with van der Waals surface area (Å²) in [6.45, 7) is 2.30. The molecule has 70 valence electrons. The zero-order chi connectivity index (χ0) is 9.84. The molecule has 0 radical (unpaired) electrons. The van der Waals surface area contributed by atoms with Gasteiger partial charge in [0.15, 0.2) is 0 Å². The average molecular weight is 198 g/mol. The monoisotopic (exact) mass is 197 g/mol. The summed E-state index contributed by atoms with van der Waals surface area (Å²) in [6.07, 6.45) is 3.52. The van der Waals surface area contributed by atoms with Gasteiger partial charge in [0.2, 0.25) is 0 Å². The van der Waals surface area contributed by atoms with Crippen LogP contribution >= 0.6 is 11.6 Å². The number of nitrogens with two attached hydrogens (primary N) is 1. The molecule has 0 aliphatic rings. The van der Waals surface area contributed by atoms with Crippen molar-refractivity contribution in [2.45, 2.75) is 6.92 Å². The summed E-state index contributed by atoms with van der Waals surface area (Å²) in [6, 6.07) is 3.67. The van der Waals surface area contributed by atoms with E-state index in [1.165, 1.54) is 0 Å². The molecule has 0 atom stereocenters. The minimum atomic E-state index is 0.117. The Bertz CT molecular complexity index is 334. The molecule has 0 spiro atoms. The molecule has 0 amide bonds. The zero-order valence-corrected chi connectivity index (χ0v) is 8.17. The van der Waals surface area contributed by atoms with Crippen molar-refractivity contribution in [2.75, 3.05) is 6.54 Å². The van der Waals surface area contributed by atoms with Gasteiger partial charge in [0.1, 0.15) is 5.75 Å². The van der Waals surface area contributed by atoms with Crippen molar-refractivity contribution in [1.82, 2.24) is 0 Å². The van der Waals surface area contributed by atoms with Crippen molar-refractivity contribution >= 4 is 17.7 Å². The van der Waals surface area contributed by atoms with Crippen molar-refractivity contribution in [2.24, 2.45) is 5.73 Å². The van der Waals surface area contributed by atoms with Gasteiger partial charge in [0.05, 0.1) is 5.02 Å². The van der Waals surface area contributed by atoms with E-state index >= 15 is 0 Å². The van der Waals surface area contributed by atoms with Crippen LogP contribution in [0.3, 0.4) is 0 Å². The Morgan fingerprint density at radius 1 is 1.54 bits per heavy atom. The van der Waals surface area contributed by atoms with Crippen molar-refractivity contribution in [3.8, 4) is 5.75 Å². The molecule has 0 bridgehead atoms. The lowest BCUT2D eigenvalue weighted by Crippen LogP contribution is -1.92. The van der Waals surface area contributed by atoms with Gasteiger partial charge < -0.3 is 10.8 Å². The second-order valence-corrected chi connectivity index (χ2v) is 3.15. The van der Waals surface area contributed by atoms with Crippen molar-refractivity contribution in [1.29, 1.82) is 0 Å². The molecule has 2 nitrogen and oxygen atoms in total. The van der Waals surface area contributed by atoms with Crippen molar-refractivity contribution in [3.63, 3.8) is 0 Å². The van der Waals surface area contributed by atoms with Crippen LogP contribution < -0.4 is 5.73 Å². The highest BCUT2D eigenvalue weighted by atomic mass is 35.5. The highest BCUT2D eigenvalue weighted by Crippen LogP contribution is 2.31. The molecule has 0 aliphatic heterocycles. The maximum atomic E-state index is 9.58. The minimum absolute atomic E-state index is 0.117. The first kappa shape index (κ1) is 10.1. The van der Waals surface area contributed by atoms with E-state index in [4.69, 9.17) is 17.3 Å². The lowest BCUT2D eigenvalue weighted by molar-refractivity contribution is 0.474. The van der Waals surface area contributed by atoms with Gasteiger partial charge in [-0.05, 0) is 12.5 Å². The van der Waals surface area contributed by atoms with Gasteiger partial charge >= 0.3 is 0 Å². The van der Waals surface area contributed by atoms with E-state index in [0.29, 0.717) is 17.1 Å². The highest BCUT2D eigenvalue weighted by molar-refractivity contribution is 6.33. The Labute approximate surface area is 82.6 Å². The van der Waals surface area contributed by atoms with E-state index in [-0.39, 0.29) is 5.75 Å². The number of halogens is 1. The van der Waals surface area contributed by atoms with Gasteiger partial charge in [0.25, 0.3) is 0 Å². The Morgan fingerprint density at radius 2 is 2.23 bits per heavy atom. The first-order valence-corrected chi connectivity index (χ1v) is 4.39. The predicted octanol–water partition coefficient (Wildman–Crippen LogP) is 2.33. The van der Waals surface area contributed by atoms with E-state index in [1.807, 2.05) is 19.1 Å². The number of benzene rings is 1. The molecule has 0 unspecified atom stereocenters. The highest BCUT2D eigenvalue weighted by Gasteiger charge is 2.04. The van der Waals surface area contributed by atoms with E-state index in [2.05, 4.69) is 0 Å². The van der Waals surface area contributed by atoms with Gasteiger partial charge in [-0.3, -0.25) is 0 Å². The van der Waals surface area contributed by atoms with Crippen LogP contribution in [0.1, 0.15) is 11.1 Å². The van der Waals surface area contributed by atoms with Crippen molar-refractivity contribution in [3.05, 3.63) is 34.4 Å². The summed E-state index contributed by atoms with van der Waals surface area (Å²) in [5.41, 5.74) is 6.85. The van der Waals surface area contributed by atoms with Gasteiger partial charge in [-0.2, -0.15) is 0 Å². The smallest absolute Gasteiger partial charge is 0.141 e. The largest absolute Gasteiger partial charge is 0.506 e. The molecule has 0 heterocycles. The number of aromatic hydroxyl groups is 1. The number of rotatable bonds is 2. The number of phenolic OH excluding ortho intramolecular Hbond substituents is 1. The summed E-state index contributed by atoms with van der Waals surface area (Å²) in [5, 5.41) is 9.98. The van der Waals surface area contributed by atoms with Crippen LogP contribution in [-0.4, -0.2) is 11.7 Å². The van der Waals surface area contributed by atoms with Crippen LogP contribution in [0.4, 0.5) is 0 Å². The van der Waals surface area contributed by atoms with Gasteiger partial charge in [-0.25, -0.2) is 0 Å². The summed E-state index contributed by atoms with van der Waals surface area (Å²) in [7, 11) is 0. The van der Waals surface area contributed by atoms with Gasteiger partial charge in [0, 0.05) is 12.1 Å². The third kappa shape index (κ3) is 2.23. The number of hydrogen-bond acceptors (Lipinski definition) is 2. The van der Waals surface area contributed by atoms with Crippen LogP contribution in [-0.2, 0) is 0 Å². The van der Waals surface area contributed by atoms with E-state index in [1.54, 1.807) is 12.2 Å². The third-order valence-corrected chi connectivity index (χ3v) is 2.25. The molecule has 1 aromatic carbocycles. The molecule has 0 saturated carbocycles. The standard InChI is InChI=1S/C10H12ClNO/c1-7-4-5-8(3-2-6-12)10(13)9(7)11/h2-5,13H,6,12H2,1H3/b3-2+. The van der Waals surface area contributed by atoms with Crippen molar-refractivity contribution < 1.29 is 5.11 Å². The first-order valence-electron chi connectivity index (χ1n) is 4.01. The Morgan fingerprint density at radius 3 is 2.85 bits per heavy atom. The normalized spacial score (nSPS) is 11.0. The van der Waals surface area contributed by atoms with Crippen LogP contribution in [0.25, 0.3) is 6.08 Å². The van der Waals surface area contributed by atoms with E-state index in [9.17, 15) is 5.11 Å². The maximum absolute atomic E-state index is 9.58. The fourth-order valence-electron chi connectivity index (χ4n) is 1.01. The lowest BCUT2D eigenvalue weighted by atomic mass is 10.1.